The van der Waals surface area contributed by atoms with Crippen molar-refractivity contribution in [3.63, 3.8) is 0 Å². The van der Waals surface area contributed by atoms with Gasteiger partial charge in [-0.1, -0.05) is 19.1 Å². The Morgan fingerprint density at radius 2 is 1.88 bits per heavy atom. The summed E-state index contributed by atoms with van der Waals surface area (Å²) in [7, 11) is 5.84. The number of carbonyl (C=O) groups excluding carboxylic acids is 1. The molecule has 0 saturated heterocycles. The first-order valence-corrected chi connectivity index (χ1v) is 6.00. The SMILES string of the molecule is CCC(C(=O)N(C)CCCN(C)C)C(N)=S. The number of rotatable bonds is 7. The summed E-state index contributed by atoms with van der Waals surface area (Å²) < 4.78 is 0. The van der Waals surface area contributed by atoms with E-state index in [4.69, 9.17) is 18.0 Å². The highest BCUT2D eigenvalue weighted by Crippen LogP contribution is 2.07. The molecule has 0 bridgehead atoms. The molecule has 0 radical (unpaired) electrons. The lowest BCUT2D eigenvalue weighted by atomic mass is 10.1. The summed E-state index contributed by atoms with van der Waals surface area (Å²) in [5, 5.41) is 0. The van der Waals surface area contributed by atoms with Crippen molar-refractivity contribution in [2.75, 3.05) is 34.2 Å². The Hall–Kier alpha value is -0.680. The molecule has 94 valence electrons. The molecule has 0 aliphatic heterocycles. The van der Waals surface area contributed by atoms with Crippen LogP contribution in [0.5, 0.6) is 0 Å². The molecule has 1 atom stereocenters. The summed E-state index contributed by atoms with van der Waals surface area (Å²) in [6.45, 7) is 3.65. The van der Waals surface area contributed by atoms with Crippen LogP contribution in [0.1, 0.15) is 19.8 Å². The van der Waals surface area contributed by atoms with Gasteiger partial charge in [0.2, 0.25) is 5.91 Å². The minimum atomic E-state index is -0.306. The molecule has 0 aliphatic rings. The van der Waals surface area contributed by atoms with Gasteiger partial charge in [-0.25, -0.2) is 0 Å². The van der Waals surface area contributed by atoms with Gasteiger partial charge in [-0.05, 0) is 33.5 Å². The lowest BCUT2D eigenvalue weighted by Gasteiger charge is -2.23. The number of carbonyl (C=O) groups is 1. The number of amides is 1. The van der Waals surface area contributed by atoms with Crippen molar-refractivity contribution >= 4 is 23.1 Å². The molecule has 1 amide bonds. The Labute approximate surface area is 104 Å². The number of nitrogens with zero attached hydrogens (tertiary/aromatic N) is 2. The lowest BCUT2D eigenvalue weighted by molar-refractivity contribution is -0.132. The number of thiocarbonyl (C=S) groups is 1. The molecule has 0 heterocycles. The van der Waals surface area contributed by atoms with Crippen molar-refractivity contribution < 1.29 is 4.79 Å². The average molecular weight is 245 g/mol. The molecule has 5 heteroatoms. The molecule has 0 aliphatic carbocycles. The maximum atomic E-state index is 11.9. The standard InChI is InChI=1S/C11H23N3OS/c1-5-9(10(12)16)11(15)14(4)8-6-7-13(2)3/h9H,5-8H2,1-4H3,(H2,12,16). The number of nitrogens with two attached hydrogens (primary N) is 1. The lowest BCUT2D eigenvalue weighted by Crippen LogP contribution is -2.39. The van der Waals surface area contributed by atoms with E-state index in [9.17, 15) is 4.79 Å². The van der Waals surface area contributed by atoms with Gasteiger partial charge in [0.1, 0.15) is 0 Å². The van der Waals surface area contributed by atoms with Crippen LogP contribution in [0, 0.1) is 5.92 Å². The van der Waals surface area contributed by atoms with Gasteiger partial charge in [0.25, 0.3) is 0 Å². The van der Waals surface area contributed by atoms with E-state index in [2.05, 4.69) is 4.90 Å². The van der Waals surface area contributed by atoms with E-state index in [1.165, 1.54) is 0 Å². The quantitative estimate of drug-likeness (QED) is 0.671. The zero-order valence-corrected chi connectivity index (χ0v) is 11.5. The van der Waals surface area contributed by atoms with Crippen LogP contribution >= 0.6 is 12.2 Å². The van der Waals surface area contributed by atoms with E-state index in [-0.39, 0.29) is 11.8 Å². The molecular formula is C11H23N3OS. The highest BCUT2D eigenvalue weighted by atomic mass is 32.1. The summed E-state index contributed by atoms with van der Waals surface area (Å²) in [6, 6.07) is 0. The minimum absolute atomic E-state index is 0.0359. The zero-order valence-electron chi connectivity index (χ0n) is 10.7. The summed E-state index contributed by atoms with van der Waals surface area (Å²) in [5.74, 6) is -0.270. The maximum Gasteiger partial charge on any atom is 0.232 e. The summed E-state index contributed by atoms with van der Waals surface area (Å²) >= 11 is 4.89. The van der Waals surface area contributed by atoms with Crippen LogP contribution in [0.15, 0.2) is 0 Å². The molecule has 1 unspecified atom stereocenters. The second kappa shape index (κ2) is 7.57. The van der Waals surface area contributed by atoms with Crippen LogP contribution in [0.2, 0.25) is 0 Å². The normalized spacial score (nSPS) is 12.6. The monoisotopic (exact) mass is 245 g/mol. The summed E-state index contributed by atoms with van der Waals surface area (Å²) in [4.78, 5) is 16.1. The summed E-state index contributed by atoms with van der Waals surface area (Å²) in [5.41, 5.74) is 5.54. The van der Waals surface area contributed by atoms with Gasteiger partial charge in [-0.2, -0.15) is 0 Å². The smallest absolute Gasteiger partial charge is 0.232 e. The van der Waals surface area contributed by atoms with E-state index >= 15 is 0 Å². The van der Waals surface area contributed by atoms with Crippen molar-refractivity contribution in [3.8, 4) is 0 Å². The second-order valence-corrected chi connectivity index (χ2v) is 4.75. The van der Waals surface area contributed by atoms with Crippen LogP contribution in [0.3, 0.4) is 0 Å². The van der Waals surface area contributed by atoms with Crippen molar-refractivity contribution in [2.45, 2.75) is 19.8 Å². The predicted octanol–water partition coefficient (Wildman–Crippen LogP) is 0.709. The highest BCUT2D eigenvalue weighted by molar-refractivity contribution is 7.80. The third-order valence-electron chi connectivity index (χ3n) is 2.52. The third-order valence-corrected chi connectivity index (χ3v) is 2.81. The largest absolute Gasteiger partial charge is 0.393 e. The fraction of sp³-hybridized carbons (Fsp3) is 0.818. The molecule has 0 aromatic heterocycles. The van der Waals surface area contributed by atoms with Crippen molar-refractivity contribution in [2.24, 2.45) is 11.7 Å². The van der Waals surface area contributed by atoms with E-state index in [1.54, 1.807) is 11.9 Å². The van der Waals surface area contributed by atoms with Gasteiger partial charge >= 0.3 is 0 Å². The van der Waals surface area contributed by atoms with Crippen molar-refractivity contribution in [3.05, 3.63) is 0 Å². The molecule has 4 nitrogen and oxygen atoms in total. The fourth-order valence-electron chi connectivity index (χ4n) is 1.50. The van der Waals surface area contributed by atoms with E-state index in [0.29, 0.717) is 11.4 Å². The van der Waals surface area contributed by atoms with E-state index in [1.807, 2.05) is 21.0 Å². The van der Waals surface area contributed by atoms with Crippen LogP contribution in [0.25, 0.3) is 0 Å². The van der Waals surface area contributed by atoms with Crippen LogP contribution < -0.4 is 5.73 Å². The first kappa shape index (κ1) is 15.3. The Kier molecular flexibility index (Phi) is 7.25. The van der Waals surface area contributed by atoms with Crippen LogP contribution in [0.4, 0.5) is 0 Å². The van der Waals surface area contributed by atoms with Gasteiger partial charge in [0.05, 0.1) is 10.9 Å². The Balaban J connectivity index is 4.11. The molecule has 0 rings (SSSR count). The molecule has 0 fully saturated rings. The van der Waals surface area contributed by atoms with Gasteiger partial charge < -0.3 is 15.5 Å². The van der Waals surface area contributed by atoms with E-state index in [0.717, 1.165) is 19.5 Å². The molecule has 16 heavy (non-hydrogen) atoms. The Morgan fingerprint density at radius 1 is 1.31 bits per heavy atom. The first-order valence-electron chi connectivity index (χ1n) is 5.59. The molecule has 0 saturated carbocycles. The average Bonchev–Trinajstić information content (AvgIpc) is 2.17. The van der Waals surface area contributed by atoms with Gasteiger partial charge in [0.15, 0.2) is 0 Å². The van der Waals surface area contributed by atoms with E-state index < -0.39 is 0 Å². The zero-order chi connectivity index (χ0) is 12.7. The third kappa shape index (κ3) is 5.42. The fourth-order valence-corrected chi connectivity index (χ4v) is 1.77. The number of hydrogen-bond donors (Lipinski definition) is 1. The van der Waals surface area contributed by atoms with Gasteiger partial charge in [-0.15, -0.1) is 0 Å². The van der Waals surface area contributed by atoms with Crippen LogP contribution in [-0.4, -0.2) is 54.9 Å². The Morgan fingerprint density at radius 3 is 2.25 bits per heavy atom. The number of hydrogen-bond acceptors (Lipinski definition) is 3. The maximum absolute atomic E-state index is 11.9. The molecule has 2 N–H and O–H groups in total. The van der Waals surface area contributed by atoms with Crippen LogP contribution in [-0.2, 0) is 4.79 Å². The molecular weight excluding hydrogens is 222 g/mol. The van der Waals surface area contributed by atoms with Gasteiger partial charge in [-0.3, -0.25) is 4.79 Å². The molecule has 0 spiro atoms. The van der Waals surface area contributed by atoms with Crippen molar-refractivity contribution in [1.29, 1.82) is 0 Å². The molecule has 0 aromatic rings. The predicted molar refractivity (Wildman–Crippen MR) is 71.4 cm³/mol. The summed E-state index contributed by atoms with van der Waals surface area (Å²) in [6.07, 6.45) is 1.63. The second-order valence-electron chi connectivity index (χ2n) is 4.28. The first-order chi connectivity index (χ1) is 7.40. The van der Waals surface area contributed by atoms with Gasteiger partial charge in [0, 0.05) is 13.6 Å². The molecule has 0 aromatic carbocycles. The highest BCUT2D eigenvalue weighted by Gasteiger charge is 2.22. The topological polar surface area (TPSA) is 49.6 Å². The Bertz CT molecular complexity index is 243. The van der Waals surface area contributed by atoms with Crippen molar-refractivity contribution in [1.82, 2.24) is 9.80 Å². The minimum Gasteiger partial charge on any atom is -0.393 e.